The molecule has 0 spiro atoms. The van der Waals surface area contributed by atoms with Crippen molar-refractivity contribution >= 4 is 0 Å². The lowest BCUT2D eigenvalue weighted by atomic mass is 10.2. The van der Waals surface area contributed by atoms with E-state index in [9.17, 15) is 30.6 Å². The van der Waals surface area contributed by atoms with Gasteiger partial charge >= 0.3 is 0 Å². The molecule has 0 amide bonds. The fourth-order valence-corrected chi connectivity index (χ4v) is 3.18. The number of likely N-dealkylation sites (N-methyl/N-ethyl adjacent to an activating group) is 1. The van der Waals surface area contributed by atoms with Gasteiger partial charge in [-0.1, -0.05) is 0 Å². The monoisotopic (exact) mass is 470 g/mol. The van der Waals surface area contributed by atoms with Crippen LogP contribution in [-0.4, -0.2) is 191 Å². The third-order valence-electron chi connectivity index (χ3n) is 5.05. The molecule has 32 heavy (non-hydrogen) atoms. The zero-order valence-electron chi connectivity index (χ0n) is 19.6. The molecule has 4 unspecified atom stereocenters. The van der Waals surface area contributed by atoms with Crippen LogP contribution >= 0.6 is 0 Å². The lowest BCUT2D eigenvalue weighted by molar-refractivity contribution is 0.0133. The van der Waals surface area contributed by atoms with Crippen LogP contribution in [0.5, 0.6) is 0 Å². The summed E-state index contributed by atoms with van der Waals surface area (Å²) in [6.07, 6.45) is -3.77. The molecule has 0 rings (SSSR count). The Kier molecular flexibility index (Phi) is 18.6. The maximum absolute atomic E-state index is 9.94. The number of hydrogen-bond donors (Lipinski definition) is 8. The van der Waals surface area contributed by atoms with Crippen LogP contribution in [0.2, 0.25) is 0 Å². The van der Waals surface area contributed by atoms with Crippen molar-refractivity contribution in [3.05, 3.63) is 0 Å². The topological polar surface area (TPSA) is 175 Å². The normalized spacial score (nSPS) is 16.3. The van der Waals surface area contributed by atoms with E-state index in [-0.39, 0.29) is 32.8 Å². The van der Waals surface area contributed by atoms with Crippen LogP contribution in [0.4, 0.5) is 0 Å². The Morgan fingerprint density at radius 2 is 0.688 bits per heavy atom. The fraction of sp³-hybridized carbons (Fsp3) is 1.00. The predicted molar refractivity (Wildman–Crippen MR) is 120 cm³/mol. The van der Waals surface area contributed by atoms with Crippen LogP contribution in [-0.2, 0) is 0 Å². The number of hydrogen-bond acceptors (Lipinski definition) is 12. The minimum absolute atomic E-state index is 0.113. The minimum Gasteiger partial charge on any atom is -0.394 e. The van der Waals surface area contributed by atoms with E-state index >= 15 is 0 Å². The number of nitrogens with zero attached hydrogens (tertiary/aromatic N) is 4. The molecule has 0 fully saturated rings. The number of aliphatic hydroxyl groups is 8. The zero-order chi connectivity index (χ0) is 24.5. The van der Waals surface area contributed by atoms with Gasteiger partial charge in [-0.15, -0.1) is 0 Å². The summed E-state index contributed by atoms with van der Waals surface area (Å²) in [7, 11) is 3.89. The highest BCUT2D eigenvalue weighted by molar-refractivity contribution is 4.74. The first-order chi connectivity index (χ1) is 15.1. The summed E-state index contributed by atoms with van der Waals surface area (Å²) >= 11 is 0. The molecule has 0 aromatic rings. The van der Waals surface area contributed by atoms with Gasteiger partial charge in [-0.25, -0.2) is 0 Å². The van der Waals surface area contributed by atoms with Crippen molar-refractivity contribution < 1.29 is 40.9 Å². The lowest BCUT2D eigenvalue weighted by Crippen LogP contribution is -2.48. The van der Waals surface area contributed by atoms with Gasteiger partial charge in [0.05, 0.1) is 50.8 Å². The maximum Gasteiger partial charge on any atom is 0.0897 e. The van der Waals surface area contributed by atoms with E-state index in [0.29, 0.717) is 39.3 Å². The number of rotatable bonds is 21. The second-order valence-corrected chi connectivity index (χ2v) is 8.51. The Hall–Kier alpha value is -0.480. The summed E-state index contributed by atoms with van der Waals surface area (Å²) in [6, 6.07) is 0. The molecule has 0 aliphatic heterocycles. The zero-order valence-corrected chi connectivity index (χ0v) is 19.6. The third kappa shape index (κ3) is 16.2. The molecular formula is C20H46N4O8. The standard InChI is InChI=1S/C20H46N4O8/c1-21(2)3-4-22(9-17(29)13-25)5-6-23(10-18(30)14-26)7-8-24(11-19(31)15-27)12-20(32)16-28/h17-20,25-32H,3-16H2,1-2H3. The van der Waals surface area contributed by atoms with E-state index in [4.69, 9.17) is 10.2 Å². The van der Waals surface area contributed by atoms with Crippen molar-refractivity contribution in [3.63, 3.8) is 0 Å². The lowest BCUT2D eigenvalue weighted by Gasteiger charge is -2.32. The maximum atomic E-state index is 9.94. The van der Waals surface area contributed by atoms with E-state index < -0.39 is 37.6 Å². The average molecular weight is 471 g/mol. The first-order valence-electron chi connectivity index (χ1n) is 11.1. The average Bonchev–Trinajstić information content (AvgIpc) is 2.77. The van der Waals surface area contributed by atoms with Gasteiger partial charge in [0.25, 0.3) is 0 Å². The molecule has 0 heterocycles. The molecule has 12 heteroatoms. The van der Waals surface area contributed by atoms with Gasteiger partial charge in [-0.3, -0.25) is 14.7 Å². The molecule has 0 aromatic carbocycles. The summed E-state index contributed by atoms with van der Waals surface area (Å²) in [5.41, 5.74) is 0. The molecule has 0 bridgehead atoms. The van der Waals surface area contributed by atoms with Crippen molar-refractivity contribution in [2.24, 2.45) is 0 Å². The molecular weight excluding hydrogens is 424 g/mol. The fourth-order valence-electron chi connectivity index (χ4n) is 3.18. The second kappa shape index (κ2) is 18.9. The summed E-state index contributed by atoms with van der Waals surface area (Å²) in [4.78, 5) is 7.68. The highest BCUT2D eigenvalue weighted by Crippen LogP contribution is 2.02. The quantitative estimate of drug-likeness (QED) is 0.0802. The van der Waals surface area contributed by atoms with Crippen molar-refractivity contribution in [3.8, 4) is 0 Å². The highest BCUT2D eigenvalue weighted by atomic mass is 16.3. The van der Waals surface area contributed by atoms with Crippen LogP contribution in [0.15, 0.2) is 0 Å². The van der Waals surface area contributed by atoms with Gasteiger partial charge in [0.1, 0.15) is 0 Å². The van der Waals surface area contributed by atoms with Gasteiger partial charge in [0.2, 0.25) is 0 Å². The Bertz CT molecular complexity index is 426. The van der Waals surface area contributed by atoms with Crippen LogP contribution in [0.25, 0.3) is 0 Å². The minimum atomic E-state index is -0.987. The Morgan fingerprint density at radius 3 is 0.969 bits per heavy atom. The molecule has 4 atom stereocenters. The van der Waals surface area contributed by atoms with Gasteiger partial charge in [0.15, 0.2) is 0 Å². The molecule has 0 saturated heterocycles. The largest absolute Gasteiger partial charge is 0.394 e. The number of aliphatic hydroxyl groups excluding tert-OH is 8. The molecule has 0 radical (unpaired) electrons. The van der Waals surface area contributed by atoms with Crippen molar-refractivity contribution in [2.75, 3.05) is 106 Å². The van der Waals surface area contributed by atoms with Crippen LogP contribution in [0, 0.1) is 0 Å². The first kappa shape index (κ1) is 31.5. The van der Waals surface area contributed by atoms with Crippen molar-refractivity contribution in [1.82, 2.24) is 19.6 Å². The van der Waals surface area contributed by atoms with Crippen LogP contribution in [0.1, 0.15) is 0 Å². The third-order valence-corrected chi connectivity index (χ3v) is 5.05. The van der Waals surface area contributed by atoms with Crippen LogP contribution < -0.4 is 0 Å². The van der Waals surface area contributed by atoms with Gasteiger partial charge in [0, 0.05) is 65.4 Å². The molecule has 12 nitrogen and oxygen atoms in total. The summed E-state index contributed by atoms with van der Waals surface area (Å²) in [6.45, 7) is 2.52. The van der Waals surface area contributed by atoms with E-state index in [2.05, 4.69) is 0 Å². The Balaban J connectivity index is 5.04. The Labute approximate surface area is 191 Å². The molecule has 194 valence electrons. The van der Waals surface area contributed by atoms with Gasteiger partial charge < -0.3 is 45.8 Å². The van der Waals surface area contributed by atoms with Crippen molar-refractivity contribution in [2.45, 2.75) is 24.4 Å². The van der Waals surface area contributed by atoms with Crippen molar-refractivity contribution in [1.29, 1.82) is 0 Å². The van der Waals surface area contributed by atoms with E-state index in [0.717, 1.165) is 6.54 Å². The molecule has 0 aliphatic carbocycles. The molecule has 0 aliphatic rings. The van der Waals surface area contributed by atoms with E-state index in [1.54, 1.807) is 4.90 Å². The Morgan fingerprint density at radius 1 is 0.438 bits per heavy atom. The van der Waals surface area contributed by atoms with Crippen LogP contribution in [0.3, 0.4) is 0 Å². The van der Waals surface area contributed by atoms with E-state index in [1.807, 2.05) is 28.8 Å². The smallest absolute Gasteiger partial charge is 0.0897 e. The van der Waals surface area contributed by atoms with Gasteiger partial charge in [-0.2, -0.15) is 0 Å². The highest BCUT2D eigenvalue weighted by Gasteiger charge is 2.19. The molecule has 0 aromatic heterocycles. The summed E-state index contributed by atoms with van der Waals surface area (Å²) in [5.74, 6) is 0. The SMILES string of the molecule is CN(C)CCN(CCN(CCN(CC(O)CO)CC(O)CO)CC(O)CO)CC(O)CO. The second-order valence-electron chi connectivity index (χ2n) is 8.51. The molecule has 8 N–H and O–H groups in total. The van der Waals surface area contributed by atoms with Gasteiger partial charge in [-0.05, 0) is 14.1 Å². The molecule has 0 saturated carbocycles. The predicted octanol–water partition coefficient (Wildman–Crippen LogP) is -5.13. The summed E-state index contributed by atoms with van der Waals surface area (Å²) < 4.78 is 0. The summed E-state index contributed by atoms with van der Waals surface area (Å²) in [5, 5.41) is 76.0. The first-order valence-corrected chi connectivity index (χ1v) is 11.1. The van der Waals surface area contributed by atoms with E-state index in [1.165, 1.54) is 0 Å².